The molecule has 164 valence electrons. The molecule has 4 rings (SSSR count). The van der Waals surface area contributed by atoms with Gasteiger partial charge in [0.25, 0.3) is 5.56 Å². The van der Waals surface area contributed by atoms with E-state index in [1.54, 1.807) is 4.90 Å². The molecule has 1 aromatic rings. The predicted octanol–water partition coefficient (Wildman–Crippen LogP) is 0.837. The molecular weight excluding hydrogens is 403 g/mol. The molecule has 2 heterocycles. The first-order valence-corrected chi connectivity index (χ1v) is 10.2. The number of alkyl halides is 3. The Balaban J connectivity index is 1.27. The number of fused-ring (bicyclic) bond motifs is 1. The van der Waals surface area contributed by atoms with E-state index >= 15 is 0 Å². The summed E-state index contributed by atoms with van der Waals surface area (Å²) in [6.07, 6.45) is -2.10. The third-order valence-electron chi connectivity index (χ3n) is 6.01. The van der Waals surface area contributed by atoms with Gasteiger partial charge in [-0.2, -0.15) is 18.3 Å². The van der Waals surface area contributed by atoms with Gasteiger partial charge in [-0.25, -0.2) is 5.10 Å². The normalized spacial score (nSPS) is 21.6. The fourth-order valence-electron chi connectivity index (χ4n) is 4.24. The van der Waals surface area contributed by atoms with E-state index in [-0.39, 0.29) is 41.8 Å². The number of H-pyrrole nitrogens is 1. The molecule has 2 fully saturated rings. The Bertz CT molecular complexity index is 888. The zero-order valence-electron chi connectivity index (χ0n) is 16.4. The standard InChI is InChI=1S/C19H24F3N5O3/c20-19(21,22)15-12-3-4-13(16(12)24-25-17(15)29)23-6-5-14(28)26-7-9-27(10-8-26)18(30)11-1-2-11/h11,13,23H,1-10H2,(H,25,29)/t13-/m1/s1. The average molecular weight is 427 g/mol. The molecule has 1 atom stereocenters. The van der Waals surface area contributed by atoms with E-state index < -0.39 is 23.3 Å². The fourth-order valence-corrected chi connectivity index (χ4v) is 4.24. The van der Waals surface area contributed by atoms with Gasteiger partial charge in [0.05, 0.1) is 11.7 Å². The molecule has 2 aliphatic carbocycles. The summed E-state index contributed by atoms with van der Waals surface area (Å²) in [6, 6.07) is -0.432. The van der Waals surface area contributed by atoms with Crippen LogP contribution in [0.1, 0.15) is 48.5 Å². The Labute approximate surface area is 170 Å². The highest BCUT2D eigenvalue weighted by molar-refractivity contribution is 5.81. The number of hydrogen-bond donors (Lipinski definition) is 2. The van der Waals surface area contributed by atoms with E-state index in [0.29, 0.717) is 39.1 Å². The van der Waals surface area contributed by atoms with Gasteiger partial charge >= 0.3 is 6.18 Å². The molecule has 0 aromatic carbocycles. The lowest BCUT2D eigenvalue weighted by atomic mass is 10.1. The smallest absolute Gasteiger partial charge is 0.339 e. The number of carbonyl (C=O) groups is 2. The lowest BCUT2D eigenvalue weighted by Crippen LogP contribution is -2.51. The van der Waals surface area contributed by atoms with Crippen LogP contribution in [0.4, 0.5) is 13.2 Å². The molecule has 8 nitrogen and oxygen atoms in total. The van der Waals surface area contributed by atoms with Crippen LogP contribution in [0, 0.1) is 5.92 Å². The van der Waals surface area contributed by atoms with Crippen LogP contribution in [-0.2, 0) is 22.2 Å². The highest BCUT2D eigenvalue weighted by Crippen LogP contribution is 2.37. The zero-order valence-corrected chi connectivity index (χ0v) is 16.4. The third kappa shape index (κ3) is 4.21. The first kappa shape index (κ1) is 20.8. The average Bonchev–Trinajstić information content (AvgIpc) is 3.48. The quantitative estimate of drug-likeness (QED) is 0.726. The van der Waals surface area contributed by atoms with Crippen LogP contribution in [0.2, 0.25) is 0 Å². The van der Waals surface area contributed by atoms with Crippen molar-refractivity contribution in [2.75, 3.05) is 32.7 Å². The summed E-state index contributed by atoms with van der Waals surface area (Å²) >= 11 is 0. The topological polar surface area (TPSA) is 98.4 Å². The Kier molecular flexibility index (Phi) is 5.56. The van der Waals surface area contributed by atoms with E-state index in [1.165, 1.54) is 0 Å². The Morgan fingerprint density at radius 2 is 1.77 bits per heavy atom. The van der Waals surface area contributed by atoms with E-state index in [1.807, 2.05) is 10.00 Å². The predicted molar refractivity (Wildman–Crippen MR) is 99.4 cm³/mol. The molecule has 0 radical (unpaired) electrons. The van der Waals surface area contributed by atoms with Crippen molar-refractivity contribution in [3.63, 3.8) is 0 Å². The van der Waals surface area contributed by atoms with Gasteiger partial charge in [-0.1, -0.05) is 0 Å². The summed E-state index contributed by atoms with van der Waals surface area (Å²) in [4.78, 5) is 39.6. The maximum atomic E-state index is 13.2. The minimum absolute atomic E-state index is 0.0513. The first-order chi connectivity index (χ1) is 14.3. The highest BCUT2D eigenvalue weighted by Gasteiger charge is 2.41. The van der Waals surface area contributed by atoms with Crippen molar-refractivity contribution in [3.05, 3.63) is 27.2 Å². The largest absolute Gasteiger partial charge is 0.422 e. The van der Waals surface area contributed by atoms with Crippen molar-refractivity contribution in [2.45, 2.75) is 44.3 Å². The minimum atomic E-state index is -4.73. The van der Waals surface area contributed by atoms with Gasteiger partial charge in [0.1, 0.15) is 5.56 Å². The molecule has 0 bridgehead atoms. The van der Waals surface area contributed by atoms with Crippen LogP contribution in [-0.4, -0.2) is 64.5 Å². The highest BCUT2D eigenvalue weighted by atomic mass is 19.4. The number of aromatic nitrogens is 2. The van der Waals surface area contributed by atoms with Crippen LogP contribution < -0.4 is 10.9 Å². The fraction of sp³-hybridized carbons (Fsp3) is 0.684. The van der Waals surface area contributed by atoms with Crippen LogP contribution in [0.3, 0.4) is 0 Å². The molecule has 11 heteroatoms. The molecule has 0 spiro atoms. The van der Waals surface area contributed by atoms with E-state index in [4.69, 9.17) is 0 Å². The number of nitrogens with one attached hydrogen (secondary N) is 2. The van der Waals surface area contributed by atoms with Gasteiger partial charge in [-0.3, -0.25) is 14.4 Å². The molecule has 3 aliphatic rings. The SMILES string of the molecule is O=C(CCN[C@@H]1CCc2c1n[nH]c(=O)c2C(F)(F)F)N1CCN(C(=O)C2CC2)CC1. The molecule has 2 N–H and O–H groups in total. The molecule has 1 aromatic heterocycles. The molecule has 1 saturated carbocycles. The van der Waals surface area contributed by atoms with Gasteiger partial charge in [-0.05, 0) is 31.2 Å². The van der Waals surface area contributed by atoms with Gasteiger partial charge < -0.3 is 15.1 Å². The molecule has 30 heavy (non-hydrogen) atoms. The van der Waals surface area contributed by atoms with Crippen LogP contribution in [0.5, 0.6) is 0 Å². The number of hydrogen-bond acceptors (Lipinski definition) is 5. The zero-order chi connectivity index (χ0) is 21.5. The first-order valence-electron chi connectivity index (χ1n) is 10.2. The van der Waals surface area contributed by atoms with Crippen molar-refractivity contribution in [1.82, 2.24) is 25.3 Å². The molecule has 1 saturated heterocycles. The van der Waals surface area contributed by atoms with Crippen LogP contribution in [0.25, 0.3) is 0 Å². The maximum Gasteiger partial charge on any atom is 0.422 e. The summed E-state index contributed by atoms with van der Waals surface area (Å²) in [5, 5.41) is 8.85. The molecule has 0 unspecified atom stereocenters. The number of halogens is 3. The van der Waals surface area contributed by atoms with E-state index in [0.717, 1.165) is 12.8 Å². The number of nitrogens with zero attached hydrogens (tertiary/aromatic N) is 3. The van der Waals surface area contributed by atoms with Crippen molar-refractivity contribution in [1.29, 1.82) is 0 Å². The number of piperazine rings is 1. The van der Waals surface area contributed by atoms with Crippen LogP contribution in [0.15, 0.2) is 4.79 Å². The number of rotatable bonds is 5. The van der Waals surface area contributed by atoms with Crippen molar-refractivity contribution in [2.24, 2.45) is 5.92 Å². The number of aromatic amines is 1. The Morgan fingerprint density at radius 3 is 2.40 bits per heavy atom. The maximum absolute atomic E-state index is 13.2. The Hall–Kier alpha value is -2.43. The van der Waals surface area contributed by atoms with Crippen molar-refractivity contribution in [3.8, 4) is 0 Å². The van der Waals surface area contributed by atoms with E-state index in [9.17, 15) is 27.6 Å². The number of carbonyl (C=O) groups excluding carboxylic acids is 2. The number of amides is 2. The summed E-state index contributed by atoms with van der Waals surface area (Å²) in [7, 11) is 0. The Morgan fingerprint density at radius 1 is 1.10 bits per heavy atom. The van der Waals surface area contributed by atoms with Gasteiger partial charge in [0.15, 0.2) is 0 Å². The third-order valence-corrected chi connectivity index (χ3v) is 6.01. The van der Waals surface area contributed by atoms with Crippen LogP contribution >= 0.6 is 0 Å². The van der Waals surface area contributed by atoms with Gasteiger partial charge in [0, 0.05) is 45.1 Å². The van der Waals surface area contributed by atoms with Crippen molar-refractivity contribution >= 4 is 11.8 Å². The second-order valence-electron chi connectivity index (χ2n) is 8.07. The second-order valence-corrected chi connectivity index (χ2v) is 8.07. The van der Waals surface area contributed by atoms with E-state index in [2.05, 4.69) is 10.4 Å². The molecular formula is C19H24F3N5O3. The summed E-state index contributed by atoms with van der Waals surface area (Å²) in [5.41, 5.74) is -2.27. The van der Waals surface area contributed by atoms with Crippen molar-refractivity contribution < 1.29 is 22.8 Å². The second kappa shape index (κ2) is 8.01. The van der Waals surface area contributed by atoms with Gasteiger partial charge in [0.2, 0.25) is 11.8 Å². The lowest BCUT2D eigenvalue weighted by molar-refractivity contribution is -0.140. The summed E-state index contributed by atoms with van der Waals surface area (Å²) in [6.45, 7) is 2.39. The summed E-state index contributed by atoms with van der Waals surface area (Å²) in [5.74, 6) is 0.309. The molecule has 2 amide bonds. The minimum Gasteiger partial charge on any atom is -0.339 e. The monoisotopic (exact) mass is 427 g/mol. The van der Waals surface area contributed by atoms with Gasteiger partial charge in [-0.15, -0.1) is 0 Å². The molecule has 1 aliphatic heterocycles. The lowest BCUT2D eigenvalue weighted by Gasteiger charge is -2.35. The summed E-state index contributed by atoms with van der Waals surface area (Å²) < 4.78 is 39.5.